The van der Waals surface area contributed by atoms with Crippen LogP contribution in [0, 0.1) is 0 Å². The van der Waals surface area contributed by atoms with E-state index in [2.05, 4.69) is 20.9 Å². The van der Waals surface area contributed by atoms with Crippen molar-refractivity contribution in [2.75, 3.05) is 6.26 Å². The van der Waals surface area contributed by atoms with E-state index in [1.165, 1.54) is 12.5 Å². The minimum Gasteiger partial charge on any atom is -0.243 e. The number of hydrogen-bond acceptors (Lipinski definition) is 3. The molecule has 0 bridgehead atoms. The van der Waals surface area contributed by atoms with E-state index in [1.54, 1.807) is 6.07 Å². The van der Waals surface area contributed by atoms with Gasteiger partial charge in [0.05, 0.1) is 10.2 Å². The molecule has 0 saturated heterocycles. The molecular weight excluding hydrogens is 278 g/mol. The topological polar surface area (TPSA) is 47.0 Å². The van der Waals surface area contributed by atoms with Gasteiger partial charge in [0.1, 0.15) is 5.15 Å². The van der Waals surface area contributed by atoms with Gasteiger partial charge in [0.15, 0.2) is 9.84 Å². The highest BCUT2D eigenvalue weighted by atomic mass is 79.9. The summed E-state index contributed by atoms with van der Waals surface area (Å²) in [6.07, 6.45) is 2.63. The second-order valence-electron chi connectivity index (χ2n) is 2.69. The molecule has 0 aliphatic carbocycles. The first-order valence-corrected chi connectivity index (χ1v) is 6.59. The number of rotatable bonds is 2. The first-order chi connectivity index (χ1) is 5.88. The molecule has 0 fully saturated rings. The zero-order chi connectivity index (χ0) is 10.1. The Morgan fingerprint density at radius 3 is 2.69 bits per heavy atom. The van der Waals surface area contributed by atoms with Crippen LogP contribution in [0.4, 0.5) is 0 Å². The van der Waals surface area contributed by atoms with Crippen molar-refractivity contribution in [3.8, 4) is 0 Å². The molecule has 6 heteroatoms. The minimum atomic E-state index is -3.01. The molecule has 1 aromatic rings. The molecule has 0 aromatic carbocycles. The number of aromatic nitrogens is 1. The lowest BCUT2D eigenvalue weighted by molar-refractivity contribution is 0.601. The van der Waals surface area contributed by atoms with E-state index >= 15 is 0 Å². The van der Waals surface area contributed by atoms with Gasteiger partial charge in [0.25, 0.3) is 0 Å². The smallest absolute Gasteiger partial charge is 0.151 e. The summed E-state index contributed by atoms with van der Waals surface area (Å²) in [5.41, 5.74) is 0.624. The SMILES string of the molecule is CS(=O)(=O)Cc1cnc(Cl)c(Br)c1. The summed E-state index contributed by atoms with van der Waals surface area (Å²) in [6.45, 7) is 0. The molecule has 0 radical (unpaired) electrons. The normalized spacial score (nSPS) is 11.6. The van der Waals surface area contributed by atoms with Gasteiger partial charge >= 0.3 is 0 Å². The van der Waals surface area contributed by atoms with Gasteiger partial charge in [-0.3, -0.25) is 0 Å². The van der Waals surface area contributed by atoms with Crippen LogP contribution in [0.15, 0.2) is 16.7 Å². The quantitative estimate of drug-likeness (QED) is 0.781. The van der Waals surface area contributed by atoms with Gasteiger partial charge in [-0.25, -0.2) is 13.4 Å². The standard InChI is InChI=1S/C7H7BrClNO2S/c1-13(11,12)4-5-2-6(8)7(9)10-3-5/h2-3H,4H2,1H3. The molecule has 1 aromatic heterocycles. The molecule has 0 amide bonds. The summed E-state index contributed by atoms with van der Waals surface area (Å²) in [5, 5.41) is 0.331. The predicted molar refractivity (Wildman–Crippen MR) is 55.5 cm³/mol. The van der Waals surface area contributed by atoms with Crippen LogP contribution < -0.4 is 0 Å². The maximum Gasteiger partial charge on any atom is 0.151 e. The lowest BCUT2D eigenvalue weighted by atomic mass is 10.3. The van der Waals surface area contributed by atoms with Crippen molar-refractivity contribution in [1.82, 2.24) is 4.98 Å². The van der Waals surface area contributed by atoms with Crippen molar-refractivity contribution < 1.29 is 8.42 Å². The van der Waals surface area contributed by atoms with Gasteiger partial charge < -0.3 is 0 Å². The van der Waals surface area contributed by atoms with E-state index in [9.17, 15) is 8.42 Å². The van der Waals surface area contributed by atoms with Crippen LogP contribution >= 0.6 is 27.5 Å². The summed E-state index contributed by atoms with van der Waals surface area (Å²) in [6, 6.07) is 1.65. The lowest BCUT2D eigenvalue weighted by Crippen LogP contribution is -2.01. The molecule has 3 nitrogen and oxygen atoms in total. The van der Waals surface area contributed by atoms with Gasteiger partial charge in [0, 0.05) is 12.5 Å². The fourth-order valence-electron chi connectivity index (χ4n) is 0.843. The van der Waals surface area contributed by atoms with E-state index in [-0.39, 0.29) is 5.75 Å². The van der Waals surface area contributed by atoms with Crippen LogP contribution in [0.2, 0.25) is 5.15 Å². The molecule has 72 valence electrons. The van der Waals surface area contributed by atoms with Crippen molar-refractivity contribution in [3.63, 3.8) is 0 Å². The number of sulfone groups is 1. The highest BCUT2D eigenvalue weighted by Crippen LogP contribution is 2.21. The monoisotopic (exact) mass is 283 g/mol. The largest absolute Gasteiger partial charge is 0.243 e. The molecule has 0 N–H and O–H groups in total. The second-order valence-corrected chi connectivity index (χ2v) is 6.04. The number of pyridine rings is 1. The maximum atomic E-state index is 10.9. The van der Waals surface area contributed by atoms with Crippen molar-refractivity contribution in [3.05, 3.63) is 27.5 Å². The Morgan fingerprint density at radius 1 is 1.62 bits per heavy atom. The van der Waals surface area contributed by atoms with Gasteiger partial charge in [-0.1, -0.05) is 11.6 Å². The third-order valence-electron chi connectivity index (χ3n) is 1.28. The molecule has 1 rings (SSSR count). The van der Waals surface area contributed by atoms with Gasteiger partial charge in [0.2, 0.25) is 0 Å². The highest BCUT2D eigenvalue weighted by Gasteiger charge is 2.06. The van der Waals surface area contributed by atoms with Crippen LogP contribution in [0.3, 0.4) is 0 Å². The van der Waals surface area contributed by atoms with E-state index in [0.29, 0.717) is 15.2 Å². The number of halogens is 2. The molecular formula is C7H7BrClNO2S. The molecule has 1 heterocycles. The fraction of sp³-hybridized carbons (Fsp3) is 0.286. The van der Waals surface area contributed by atoms with Crippen LogP contribution in [-0.4, -0.2) is 19.7 Å². The Balaban J connectivity index is 2.99. The molecule has 0 aliphatic rings. The van der Waals surface area contributed by atoms with E-state index < -0.39 is 9.84 Å². The van der Waals surface area contributed by atoms with Crippen LogP contribution in [0.5, 0.6) is 0 Å². The average molecular weight is 285 g/mol. The van der Waals surface area contributed by atoms with Crippen molar-refractivity contribution in [2.45, 2.75) is 5.75 Å². The van der Waals surface area contributed by atoms with E-state index in [1.807, 2.05) is 0 Å². The average Bonchev–Trinajstić information content (AvgIpc) is 1.94. The Kier molecular flexibility index (Phi) is 3.32. The van der Waals surface area contributed by atoms with Crippen molar-refractivity contribution >= 4 is 37.4 Å². The van der Waals surface area contributed by atoms with Gasteiger partial charge in [-0.05, 0) is 27.6 Å². The summed E-state index contributed by atoms with van der Waals surface area (Å²) >= 11 is 8.81. The Bertz CT molecular complexity index is 419. The Hall–Kier alpha value is -0.130. The van der Waals surface area contributed by atoms with Crippen molar-refractivity contribution in [1.29, 1.82) is 0 Å². The first kappa shape index (κ1) is 10.9. The van der Waals surface area contributed by atoms with E-state index in [4.69, 9.17) is 11.6 Å². The summed E-state index contributed by atoms with van der Waals surface area (Å²) < 4.78 is 22.4. The molecule has 0 atom stereocenters. The van der Waals surface area contributed by atoms with Crippen LogP contribution in [0.1, 0.15) is 5.56 Å². The maximum absolute atomic E-state index is 10.9. The number of hydrogen-bond donors (Lipinski definition) is 0. The molecule has 0 unspecified atom stereocenters. The molecule has 0 spiro atoms. The lowest BCUT2D eigenvalue weighted by Gasteiger charge is -2.00. The van der Waals surface area contributed by atoms with Crippen LogP contribution in [0.25, 0.3) is 0 Å². The first-order valence-electron chi connectivity index (χ1n) is 3.36. The summed E-state index contributed by atoms with van der Waals surface area (Å²) in [4.78, 5) is 3.82. The van der Waals surface area contributed by atoms with Gasteiger partial charge in [-0.2, -0.15) is 0 Å². The zero-order valence-corrected chi connectivity index (χ0v) is 9.95. The second kappa shape index (κ2) is 3.94. The third-order valence-corrected chi connectivity index (χ3v) is 3.27. The summed E-state index contributed by atoms with van der Waals surface area (Å²) in [7, 11) is -3.01. The van der Waals surface area contributed by atoms with Crippen LogP contribution in [-0.2, 0) is 15.6 Å². The molecule has 13 heavy (non-hydrogen) atoms. The Labute approximate surface area is 90.2 Å². The fourth-order valence-corrected chi connectivity index (χ4v) is 2.11. The van der Waals surface area contributed by atoms with Gasteiger partial charge in [-0.15, -0.1) is 0 Å². The minimum absolute atomic E-state index is 0.0181. The van der Waals surface area contributed by atoms with E-state index in [0.717, 1.165) is 0 Å². The zero-order valence-electron chi connectivity index (χ0n) is 6.79. The number of nitrogens with zero attached hydrogens (tertiary/aromatic N) is 1. The van der Waals surface area contributed by atoms with Crippen molar-refractivity contribution in [2.24, 2.45) is 0 Å². The third kappa shape index (κ3) is 3.62. The Morgan fingerprint density at radius 2 is 2.23 bits per heavy atom. The molecule has 0 saturated carbocycles. The molecule has 0 aliphatic heterocycles. The highest BCUT2D eigenvalue weighted by molar-refractivity contribution is 9.10. The summed E-state index contributed by atoms with van der Waals surface area (Å²) in [5.74, 6) is -0.0181. The predicted octanol–water partition coefficient (Wildman–Crippen LogP) is 2.04.